The number of carbonyl (C=O) groups excluding carboxylic acids is 1. The lowest BCUT2D eigenvalue weighted by molar-refractivity contribution is 0.0505. The van der Waals surface area contributed by atoms with Gasteiger partial charge in [0.05, 0.1) is 23.1 Å². The molecule has 0 atom stereocenters. The van der Waals surface area contributed by atoms with Crippen LogP contribution in [0.3, 0.4) is 0 Å². The summed E-state index contributed by atoms with van der Waals surface area (Å²) in [4.78, 5) is 29.3. The first-order valence-electron chi connectivity index (χ1n) is 8.41. The number of aromatic nitrogens is 2. The second-order valence-electron chi connectivity index (χ2n) is 6.02. The Morgan fingerprint density at radius 3 is 2.91 bits per heavy atom. The van der Waals surface area contributed by atoms with Crippen LogP contribution in [0.2, 0.25) is 0 Å². The van der Waals surface area contributed by atoms with E-state index in [0.717, 1.165) is 44.5 Å². The van der Waals surface area contributed by atoms with E-state index in [0.29, 0.717) is 23.1 Å². The molecule has 1 aliphatic heterocycles. The molecule has 0 bridgehead atoms. The van der Waals surface area contributed by atoms with E-state index in [4.69, 9.17) is 4.74 Å². The largest absolute Gasteiger partial charge is 0.462 e. The third-order valence-electron chi connectivity index (χ3n) is 4.24. The van der Waals surface area contributed by atoms with Crippen molar-refractivity contribution in [3.05, 3.63) is 39.9 Å². The fourth-order valence-electron chi connectivity index (χ4n) is 3.00. The van der Waals surface area contributed by atoms with Gasteiger partial charge < -0.3 is 4.74 Å². The standard InChI is InChI=1S/C18H22N2O3/c1-2-11-23-18(22)13-8-9-14-15(12-13)19-16-7-5-3-4-6-10-20(16)17(14)21/h8-9,12H,2-7,10-11H2,1H3. The van der Waals surface area contributed by atoms with E-state index in [1.54, 1.807) is 22.8 Å². The molecule has 0 unspecified atom stereocenters. The van der Waals surface area contributed by atoms with Gasteiger partial charge in [0.15, 0.2) is 0 Å². The zero-order valence-electron chi connectivity index (χ0n) is 13.5. The normalized spacial score (nSPS) is 14.8. The van der Waals surface area contributed by atoms with Crippen LogP contribution in [0.1, 0.15) is 55.2 Å². The molecule has 2 heterocycles. The number of rotatable bonds is 3. The van der Waals surface area contributed by atoms with E-state index in [1.807, 2.05) is 6.92 Å². The van der Waals surface area contributed by atoms with Gasteiger partial charge in [0.1, 0.15) is 5.82 Å². The van der Waals surface area contributed by atoms with Gasteiger partial charge in [-0.25, -0.2) is 9.78 Å². The second kappa shape index (κ2) is 6.94. The number of hydrogen-bond acceptors (Lipinski definition) is 4. The highest BCUT2D eigenvalue weighted by Gasteiger charge is 2.15. The predicted molar refractivity (Wildman–Crippen MR) is 88.7 cm³/mol. The maximum Gasteiger partial charge on any atom is 0.338 e. The lowest BCUT2D eigenvalue weighted by atomic mass is 10.1. The number of ether oxygens (including phenoxy) is 1. The molecule has 0 radical (unpaired) electrons. The van der Waals surface area contributed by atoms with Crippen LogP contribution in [0.25, 0.3) is 10.9 Å². The van der Waals surface area contributed by atoms with E-state index in [9.17, 15) is 9.59 Å². The molecule has 0 saturated carbocycles. The number of hydrogen-bond donors (Lipinski definition) is 0. The maximum absolute atomic E-state index is 12.7. The number of carbonyl (C=O) groups is 1. The Kier molecular flexibility index (Phi) is 4.74. The molecule has 1 aliphatic rings. The third kappa shape index (κ3) is 3.28. The van der Waals surface area contributed by atoms with Crippen LogP contribution in [0.15, 0.2) is 23.0 Å². The summed E-state index contributed by atoms with van der Waals surface area (Å²) in [6.07, 6.45) is 6.00. The van der Waals surface area contributed by atoms with Gasteiger partial charge in [-0.3, -0.25) is 9.36 Å². The first-order chi connectivity index (χ1) is 11.2. The highest BCUT2D eigenvalue weighted by molar-refractivity contribution is 5.94. The minimum absolute atomic E-state index is 0.000348. The number of aryl methyl sites for hydroxylation is 1. The SMILES string of the molecule is CCCOC(=O)c1ccc2c(=O)n3c(nc2c1)CCCCCC3. The topological polar surface area (TPSA) is 61.2 Å². The molecule has 23 heavy (non-hydrogen) atoms. The monoisotopic (exact) mass is 314 g/mol. The lowest BCUT2D eigenvalue weighted by Gasteiger charge is -2.16. The third-order valence-corrected chi connectivity index (χ3v) is 4.24. The van der Waals surface area contributed by atoms with E-state index >= 15 is 0 Å². The molecule has 0 N–H and O–H groups in total. The second-order valence-corrected chi connectivity index (χ2v) is 6.02. The van der Waals surface area contributed by atoms with E-state index < -0.39 is 0 Å². The molecule has 0 aliphatic carbocycles. The summed E-state index contributed by atoms with van der Waals surface area (Å²) in [7, 11) is 0. The van der Waals surface area contributed by atoms with Gasteiger partial charge in [-0.05, 0) is 37.5 Å². The van der Waals surface area contributed by atoms with Crippen LogP contribution in [0.4, 0.5) is 0 Å². The Hall–Kier alpha value is -2.17. The summed E-state index contributed by atoms with van der Waals surface area (Å²) in [5.74, 6) is 0.476. The highest BCUT2D eigenvalue weighted by Crippen LogP contribution is 2.16. The number of benzene rings is 1. The summed E-state index contributed by atoms with van der Waals surface area (Å²) in [6, 6.07) is 5.02. The van der Waals surface area contributed by atoms with Crippen LogP contribution >= 0.6 is 0 Å². The molecule has 5 nitrogen and oxygen atoms in total. The molecule has 1 aromatic carbocycles. The van der Waals surface area contributed by atoms with Gasteiger partial charge in [0.25, 0.3) is 5.56 Å². The van der Waals surface area contributed by atoms with Gasteiger partial charge in [0, 0.05) is 13.0 Å². The molecule has 3 rings (SSSR count). The Morgan fingerprint density at radius 1 is 1.26 bits per heavy atom. The van der Waals surface area contributed by atoms with Crippen LogP contribution < -0.4 is 5.56 Å². The van der Waals surface area contributed by atoms with E-state index in [2.05, 4.69) is 4.98 Å². The minimum Gasteiger partial charge on any atom is -0.462 e. The first kappa shape index (κ1) is 15.7. The molecular weight excluding hydrogens is 292 g/mol. The van der Waals surface area contributed by atoms with E-state index in [-0.39, 0.29) is 11.5 Å². The molecule has 0 saturated heterocycles. The predicted octanol–water partition coefficient (Wildman–Crippen LogP) is 3.08. The van der Waals surface area contributed by atoms with Crippen molar-refractivity contribution in [3.8, 4) is 0 Å². The average molecular weight is 314 g/mol. The van der Waals surface area contributed by atoms with Crippen molar-refractivity contribution in [1.82, 2.24) is 9.55 Å². The summed E-state index contributed by atoms with van der Waals surface area (Å²) in [5.41, 5.74) is 1.04. The molecule has 0 spiro atoms. The molecule has 122 valence electrons. The van der Waals surface area contributed by atoms with Crippen LogP contribution in [0.5, 0.6) is 0 Å². The first-order valence-corrected chi connectivity index (χ1v) is 8.41. The minimum atomic E-state index is -0.359. The smallest absolute Gasteiger partial charge is 0.338 e. The molecule has 0 amide bonds. The zero-order chi connectivity index (χ0) is 16.2. The fourth-order valence-corrected chi connectivity index (χ4v) is 3.00. The highest BCUT2D eigenvalue weighted by atomic mass is 16.5. The summed E-state index contributed by atoms with van der Waals surface area (Å²) in [5, 5.41) is 0.571. The van der Waals surface area contributed by atoms with Crippen LogP contribution in [-0.2, 0) is 17.7 Å². The van der Waals surface area contributed by atoms with Gasteiger partial charge in [-0.1, -0.05) is 19.8 Å². The van der Waals surface area contributed by atoms with Crippen molar-refractivity contribution in [2.45, 2.75) is 52.0 Å². The maximum atomic E-state index is 12.7. The number of fused-ring (bicyclic) bond motifs is 2. The van der Waals surface area contributed by atoms with Crippen LogP contribution in [0, 0.1) is 0 Å². The van der Waals surface area contributed by atoms with E-state index in [1.165, 1.54) is 6.42 Å². The summed E-state index contributed by atoms with van der Waals surface area (Å²) >= 11 is 0. The number of nitrogens with zero attached hydrogens (tertiary/aromatic N) is 2. The quantitative estimate of drug-likeness (QED) is 0.817. The van der Waals surface area contributed by atoms with Crippen molar-refractivity contribution in [1.29, 1.82) is 0 Å². The van der Waals surface area contributed by atoms with Gasteiger partial charge >= 0.3 is 5.97 Å². The molecule has 2 aromatic rings. The Morgan fingerprint density at radius 2 is 2.09 bits per heavy atom. The van der Waals surface area contributed by atoms with Gasteiger partial charge in [0.2, 0.25) is 0 Å². The molecule has 0 fully saturated rings. The summed E-state index contributed by atoms with van der Waals surface area (Å²) in [6.45, 7) is 3.09. The summed E-state index contributed by atoms with van der Waals surface area (Å²) < 4.78 is 6.96. The van der Waals surface area contributed by atoms with Crippen molar-refractivity contribution < 1.29 is 9.53 Å². The lowest BCUT2D eigenvalue weighted by Crippen LogP contribution is -2.26. The van der Waals surface area contributed by atoms with Gasteiger partial charge in [-0.15, -0.1) is 0 Å². The Balaban J connectivity index is 2.04. The Bertz CT molecular complexity index is 780. The average Bonchev–Trinajstić information content (AvgIpc) is 2.54. The van der Waals surface area contributed by atoms with Crippen molar-refractivity contribution in [2.75, 3.05) is 6.61 Å². The Labute approximate surface area is 135 Å². The van der Waals surface area contributed by atoms with Crippen LogP contribution in [-0.4, -0.2) is 22.1 Å². The number of esters is 1. The molecule has 1 aromatic heterocycles. The molecule has 5 heteroatoms. The zero-order valence-corrected chi connectivity index (χ0v) is 13.5. The van der Waals surface area contributed by atoms with Crippen molar-refractivity contribution in [3.63, 3.8) is 0 Å². The van der Waals surface area contributed by atoms with Crippen molar-refractivity contribution in [2.24, 2.45) is 0 Å². The van der Waals surface area contributed by atoms with Crippen molar-refractivity contribution >= 4 is 16.9 Å². The van der Waals surface area contributed by atoms with Gasteiger partial charge in [-0.2, -0.15) is 0 Å². The molecular formula is C18H22N2O3. The fraction of sp³-hybridized carbons (Fsp3) is 0.500.